The van der Waals surface area contributed by atoms with Gasteiger partial charge >= 0.3 is 6.18 Å². The molecule has 0 saturated heterocycles. The van der Waals surface area contributed by atoms with Crippen molar-refractivity contribution in [3.63, 3.8) is 0 Å². The quantitative estimate of drug-likeness (QED) is 0.501. The summed E-state index contributed by atoms with van der Waals surface area (Å²) in [5.74, 6) is 0.162. The number of aromatic nitrogens is 3. The van der Waals surface area contributed by atoms with E-state index in [1.165, 1.54) is 41.0 Å². The molecule has 0 aliphatic heterocycles. The van der Waals surface area contributed by atoms with E-state index in [0.717, 1.165) is 11.6 Å². The summed E-state index contributed by atoms with van der Waals surface area (Å²) in [4.78, 5) is 16.3. The Kier molecular flexibility index (Phi) is 5.33. The van der Waals surface area contributed by atoms with Crippen molar-refractivity contribution in [2.75, 3.05) is 11.9 Å². The summed E-state index contributed by atoms with van der Waals surface area (Å²) in [5.41, 5.74) is 0.892. The van der Waals surface area contributed by atoms with Gasteiger partial charge in [0.05, 0.1) is 5.56 Å². The van der Waals surface area contributed by atoms with Gasteiger partial charge in [-0.05, 0) is 42.3 Å². The van der Waals surface area contributed by atoms with Crippen molar-refractivity contribution in [3.05, 3.63) is 78.0 Å². The highest BCUT2D eigenvalue weighted by Gasteiger charge is 2.33. The summed E-state index contributed by atoms with van der Waals surface area (Å²) >= 11 is 0. The van der Waals surface area contributed by atoms with Crippen molar-refractivity contribution in [1.82, 2.24) is 14.6 Å². The average molecular weight is 426 g/mol. The number of pyridine rings is 1. The first-order valence-electron chi connectivity index (χ1n) is 9.32. The van der Waals surface area contributed by atoms with E-state index in [-0.39, 0.29) is 18.1 Å². The minimum Gasteiger partial charge on any atom is -0.483 e. The third-order valence-electron chi connectivity index (χ3n) is 4.58. The highest BCUT2D eigenvalue weighted by Crippen LogP contribution is 2.36. The molecule has 0 bridgehead atoms. The maximum Gasteiger partial charge on any atom is 0.417 e. The van der Waals surface area contributed by atoms with Crippen LogP contribution in [0, 0.1) is 6.92 Å². The van der Waals surface area contributed by atoms with E-state index < -0.39 is 17.6 Å². The molecule has 1 amide bonds. The molecule has 0 aliphatic rings. The number of hydrogen-bond donors (Lipinski definition) is 1. The summed E-state index contributed by atoms with van der Waals surface area (Å²) in [5, 5.41) is 6.67. The number of para-hydroxylation sites is 1. The Hall–Kier alpha value is -3.88. The van der Waals surface area contributed by atoms with Crippen LogP contribution in [0.15, 0.2) is 66.9 Å². The molecule has 6 nitrogen and oxygen atoms in total. The molecule has 158 valence electrons. The third kappa shape index (κ3) is 4.50. The molecular formula is C22H17F3N4O2. The standard InChI is InChI=1S/C22H17F3N4O2/c1-14-6-2-5-9-18(14)31-13-20(30)27-21-26-19-11-10-15(12-29(19)28-21)16-7-3-4-8-17(16)22(23,24)25/h2-12H,13H2,1H3,(H,27,28,30). The maximum atomic E-state index is 13.3. The molecule has 0 aliphatic carbocycles. The minimum atomic E-state index is -4.48. The van der Waals surface area contributed by atoms with Gasteiger partial charge in [-0.1, -0.05) is 36.4 Å². The highest BCUT2D eigenvalue weighted by atomic mass is 19.4. The largest absolute Gasteiger partial charge is 0.483 e. The summed E-state index contributed by atoms with van der Waals surface area (Å²) in [7, 11) is 0. The fraction of sp³-hybridized carbons (Fsp3) is 0.136. The van der Waals surface area contributed by atoms with Gasteiger partial charge in [0.15, 0.2) is 12.3 Å². The molecule has 9 heteroatoms. The number of aryl methyl sites for hydroxylation is 1. The first-order valence-corrected chi connectivity index (χ1v) is 9.32. The zero-order valence-electron chi connectivity index (χ0n) is 16.3. The Morgan fingerprint density at radius 1 is 1.06 bits per heavy atom. The third-order valence-corrected chi connectivity index (χ3v) is 4.58. The van der Waals surface area contributed by atoms with Gasteiger partial charge in [0, 0.05) is 11.8 Å². The number of halogens is 3. The molecule has 4 rings (SSSR count). The summed E-state index contributed by atoms with van der Waals surface area (Å²) in [6.45, 7) is 1.63. The minimum absolute atomic E-state index is 0.0274. The molecule has 1 N–H and O–H groups in total. The van der Waals surface area contributed by atoms with Crippen LogP contribution >= 0.6 is 0 Å². The van der Waals surface area contributed by atoms with Crippen LogP contribution in [0.4, 0.5) is 19.1 Å². The smallest absolute Gasteiger partial charge is 0.417 e. The van der Waals surface area contributed by atoms with Crippen LogP contribution in [0.3, 0.4) is 0 Å². The Morgan fingerprint density at radius 3 is 2.58 bits per heavy atom. The van der Waals surface area contributed by atoms with E-state index in [9.17, 15) is 18.0 Å². The summed E-state index contributed by atoms with van der Waals surface area (Å²) < 4.78 is 46.8. The maximum absolute atomic E-state index is 13.3. The number of nitrogens with zero attached hydrogens (tertiary/aromatic N) is 3. The predicted molar refractivity (Wildman–Crippen MR) is 109 cm³/mol. The molecule has 2 aromatic carbocycles. The molecule has 0 unspecified atom stereocenters. The number of ether oxygens (including phenoxy) is 1. The van der Waals surface area contributed by atoms with Crippen LogP contribution in [-0.4, -0.2) is 27.1 Å². The van der Waals surface area contributed by atoms with Crippen molar-refractivity contribution in [2.45, 2.75) is 13.1 Å². The molecule has 0 spiro atoms. The Bertz CT molecular complexity index is 1250. The average Bonchev–Trinajstić information content (AvgIpc) is 3.14. The Labute approximate surface area is 175 Å². The van der Waals surface area contributed by atoms with Gasteiger partial charge in [0.1, 0.15) is 5.75 Å². The van der Waals surface area contributed by atoms with Gasteiger partial charge in [-0.3, -0.25) is 10.1 Å². The van der Waals surface area contributed by atoms with Gasteiger partial charge in [0.25, 0.3) is 5.91 Å². The van der Waals surface area contributed by atoms with Crippen LogP contribution in [0.1, 0.15) is 11.1 Å². The van der Waals surface area contributed by atoms with Crippen molar-refractivity contribution < 1.29 is 22.7 Å². The van der Waals surface area contributed by atoms with Crippen LogP contribution < -0.4 is 10.1 Å². The van der Waals surface area contributed by atoms with Gasteiger partial charge in [-0.15, -0.1) is 5.10 Å². The van der Waals surface area contributed by atoms with Gasteiger partial charge < -0.3 is 4.74 Å². The predicted octanol–water partition coefficient (Wildman–Crippen LogP) is 4.74. The molecule has 2 aromatic heterocycles. The van der Waals surface area contributed by atoms with E-state index >= 15 is 0 Å². The van der Waals surface area contributed by atoms with E-state index in [1.54, 1.807) is 12.1 Å². The number of fused-ring (bicyclic) bond motifs is 1. The first-order chi connectivity index (χ1) is 14.8. The van der Waals surface area contributed by atoms with E-state index in [4.69, 9.17) is 4.74 Å². The van der Waals surface area contributed by atoms with Crippen LogP contribution in [-0.2, 0) is 11.0 Å². The number of carbonyl (C=O) groups is 1. The number of anilines is 1. The highest BCUT2D eigenvalue weighted by molar-refractivity contribution is 5.90. The molecule has 0 saturated carbocycles. The number of nitrogens with one attached hydrogen (secondary N) is 1. The second-order valence-corrected chi connectivity index (χ2v) is 6.80. The monoisotopic (exact) mass is 426 g/mol. The van der Waals surface area contributed by atoms with E-state index in [1.807, 2.05) is 19.1 Å². The molecule has 0 fully saturated rings. The molecular weight excluding hydrogens is 409 g/mol. The number of carbonyl (C=O) groups excluding carboxylic acids is 1. The van der Waals surface area contributed by atoms with Gasteiger partial charge in [-0.25, -0.2) is 4.52 Å². The van der Waals surface area contributed by atoms with Crippen LogP contribution in [0.25, 0.3) is 16.8 Å². The second kappa shape index (κ2) is 8.10. The topological polar surface area (TPSA) is 68.5 Å². The molecule has 4 aromatic rings. The zero-order valence-corrected chi connectivity index (χ0v) is 16.3. The first kappa shape index (κ1) is 20.4. The molecule has 2 heterocycles. The zero-order chi connectivity index (χ0) is 22.0. The van der Waals surface area contributed by atoms with Crippen molar-refractivity contribution >= 4 is 17.5 Å². The number of hydrogen-bond acceptors (Lipinski definition) is 4. The van der Waals surface area contributed by atoms with E-state index in [0.29, 0.717) is 17.0 Å². The molecule has 31 heavy (non-hydrogen) atoms. The molecule has 0 radical (unpaired) electrons. The Balaban J connectivity index is 1.52. The summed E-state index contributed by atoms with van der Waals surface area (Å²) in [6.07, 6.45) is -3.05. The van der Waals surface area contributed by atoms with Gasteiger partial charge in [-0.2, -0.15) is 18.2 Å². The Morgan fingerprint density at radius 2 is 1.81 bits per heavy atom. The molecule has 0 atom stereocenters. The number of amides is 1. The fourth-order valence-corrected chi connectivity index (χ4v) is 3.10. The lowest BCUT2D eigenvalue weighted by atomic mass is 10.0. The summed E-state index contributed by atoms with van der Waals surface area (Å²) in [6, 6.07) is 15.7. The van der Waals surface area contributed by atoms with Gasteiger partial charge in [0.2, 0.25) is 5.95 Å². The lowest BCUT2D eigenvalue weighted by molar-refractivity contribution is -0.137. The van der Waals surface area contributed by atoms with Crippen molar-refractivity contribution in [3.8, 4) is 16.9 Å². The SMILES string of the molecule is Cc1ccccc1OCC(=O)Nc1nc2ccc(-c3ccccc3C(F)(F)F)cn2n1. The lowest BCUT2D eigenvalue weighted by Gasteiger charge is -2.12. The number of alkyl halides is 3. The lowest BCUT2D eigenvalue weighted by Crippen LogP contribution is -2.21. The number of rotatable bonds is 5. The normalized spacial score (nSPS) is 11.5. The fourth-order valence-electron chi connectivity index (χ4n) is 3.10. The van der Waals surface area contributed by atoms with E-state index in [2.05, 4.69) is 15.4 Å². The van der Waals surface area contributed by atoms with Crippen molar-refractivity contribution in [2.24, 2.45) is 0 Å². The number of benzene rings is 2. The second-order valence-electron chi connectivity index (χ2n) is 6.80. The van der Waals surface area contributed by atoms with Crippen LogP contribution in [0.2, 0.25) is 0 Å². The van der Waals surface area contributed by atoms with Crippen molar-refractivity contribution in [1.29, 1.82) is 0 Å². The van der Waals surface area contributed by atoms with Crippen LogP contribution in [0.5, 0.6) is 5.75 Å².